The van der Waals surface area contributed by atoms with Crippen molar-refractivity contribution >= 4 is 12.6 Å². The molecular formula is C10H15NOS. The molecule has 1 aliphatic heterocycles. The van der Waals surface area contributed by atoms with Gasteiger partial charge in [0, 0.05) is 18.0 Å². The van der Waals surface area contributed by atoms with Crippen molar-refractivity contribution in [3.8, 4) is 0 Å². The molecule has 0 bridgehead atoms. The lowest BCUT2D eigenvalue weighted by Crippen LogP contribution is -2.30. The minimum Gasteiger partial charge on any atom is -0.379 e. The van der Waals surface area contributed by atoms with Crippen LogP contribution in [0.2, 0.25) is 0 Å². The third-order valence-electron chi connectivity index (χ3n) is 1.60. The van der Waals surface area contributed by atoms with E-state index in [2.05, 4.69) is 17.9 Å². The van der Waals surface area contributed by atoms with E-state index in [1.165, 1.54) is 0 Å². The fraction of sp³-hybridized carbons (Fsp3) is 0.400. The van der Waals surface area contributed by atoms with Crippen molar-refractivity contribution in [1.29, 1.82) is 0 Å². The van der Waals surface area contributed by atoms with Crippen LogP contribution in [-0.2, 0) is 4.74 Å². The highest BCUT2D eigenvalue weighted by Gasteiger charge is 1.92. The van der Waals surface area contributed by atoms with Gasteiger partial charge in [-0.2, -0.15) is 0 Å². The highest BCUT2D eigenvalue weighted by atomic mass is 32.1. The molecule has 2 rings (SSSR count). The minimum absolute atomic E-state index is 0.889. The van der Waals surface area contributed by atoms with Crippen LogP contribution in [0.1, 0.15) is 0 Å². The van der Waals surface area contributed by atoms with Crippen molar-refractivity contribution in [3.63, 3.8) is 0 Å². The summed E-state index contributed by atoms with van der Waals surface area (Å²) >= 11 is 4.08. The van der Waals surface area contributed by atoms with Gasteiger partial charge in [0.1, 0.15) is 0 Å². The molecule has 0 unspecified atom stereocenters. The average Bonchev–Trinajstić information content (AvgIpc) is 2.22. The van der Waals surface area contributed by atoms with E-state index < -0.39 is 0 Å². The van der Waals surface area contributed by atoms with Crippen molar-refractivity contribution in [2.45, 2.75) is 4.90 Å². The Morgan fingerprint density at radius 3 is 1.92 bits per heavy atom. The summed E-state index contributed by atoms with van der Waals surface area (Å²) in [6, 6.07) is 9.79. The van der Waals surface area contributed by atoms with Gasteiger partial charge in [-0.1, -0.05) is 18.2 Å². The molecule has 1 heterocycles. The summed E-state index contributed by atoms with van der Waals surface area (Å²) in [6.07, 6.45) is 0. The SMILES string of the molecule is C1COCCN1.Sc1ccccc1. The van der Waals surface area contributed by atoms with E-state index in [0.717, 1.165) is 31.2 Å². The van der Waals surface area contributed by atoms with Crippen molar-refractivity contribution in [2.75, 3.05) is 26.3 Å². The van der Waals surface area contributed by atoms with Crippen LogP contribution in [0, 0.1) is 0 Å². The molecular weight excluding hydrogens is 182 g/mol. The molecule has 72 valence electrons. The highest BCUT2D eigenvalue weighted by molar-refractivity contribution is 7.80. The molecule has 1 aliphatic rings. The first kappa shape index (κ1) is 10.6. The zero-order valence-corrected chi connectivity index (χ0v) is 8.47. The molecule has 3 heteroatoms. The summed E-state index contributed by atoms with van der Waals surface area (Å²) in [5, 5.41) is 3.16. The first-order valence-electron chi connectivity index (χ1n) is 4.42. The first-order valence-corrected chi connectivity index (χ1v) is 4.87. The average molecular weight is 197 g/mol. The molecule has 0 atom stereocenters. The summed E-state index contributed by atoms with van der Waals surface area (Å²) in [6.45, 7) is 3.83. The van der Waals surface area contributed by atoms with E-state index in [4.69, 9.17) is 4.74 Å². The normalized spacial score (nSPS) is 15.8. The van der Waals surface area contributed by atoms with E-state index in [0.29, 0.717) is 0 Å². The van der Waals surface area contributed by atoms with Gasteiger partial charge in [-0.15, -0.1) is 12.6 Å². The van der Waals surface area contributed by atoms with Gasteiger partial charge < -0.3 is 10.1 Å². The Morgan fingerprint density at radius 1 is 1.08 bits per heavy atom. The van der Waals surface area contributed by atoms with Gasteiger partial charge in [0.05, 0.1) is 13.2 Å². The number of thiol groups is 1. The minimum atomic E-state index is 0.889. The van der Waals surface area contributed by atoms with Crippen molar-refractivity contribution in [2.24, 2.45) is 0 Å². The van der Waals surface area contributed by atoms with Gasteiger partial charge in [0.15, 0.2) is 0 Å². The Kier molecular flexibility index (Phi) is 5.65. The van der Waals surface area contributed by atoms with E-state index in [-0.39, 0.29) is 0 Å². The second-order valence-electron chi connectivity index (χ2n) is 2.70. The van der Waals surface area contributed by atoms with Crippen LogP contribution < -0.4 is 5.32 Å². The second kappa shape index (κ2) is 6.95. The van der Waals surface area contributed by atoms with Crippen LogP contribution in [0.25, 0.3) is 0 Å². The lowest BCUT2D eigenvalue weighted by molar-refractivity contribution is 0.109. The molecule has 1 aromatic carbocycles. The maximum atomic E-state index is 5.01. The second-order valence-corrected chi connectivity index (χ2v) is 3.21. The maximum absolute atomic E-state index is 5.01. The van der Waals surface area contributed by atoms with Crippen molar-refractivity contribution in [3.05, 3.63) is 30.3 Å². The highest BCUT2D eigenvalue weighted by Crippen LogP contribution is 2.00. The van der Waals surface area contributed by atoms with Crippen molar-refractivity contribution in [1.82, 2.24) is 5.32 Å². The molecule has 1 saturated heterocycles. The smallest absolute Gasteiger partial charge is 0.0591 e. The maximum Gasteiger partial charge on any atom is 0.0591 e. The number of hydrogen-bond donors (Lipinski definition) is 2. The monoisotopic (exact) mass is 197 g/mol. The summed E-state index contributed by atoms with van der Waals surface area (Å²) in [4.78, 5) is 1.02. The van der Waals surface area contributed by atoms with Gasteiger partial charge in [0.2, 0.25) is 0 Å². The zero-order valence-electron chi connectivity index (χ0n) is 7.57. The number of ether oxygens (including phenoxy) is 1. The zero-order chi connectivity index (χ0) is 9.36. The molecule has 1 N–H and O–H groups in total. The number of hydrogen-bond acceptors (Lipinski definition) is 3. The summed E-state index contributed by atoms with van der Waals surface area (Å²) in [7, 11) is 0. The van der Waals surface area contributed by atoms with Crippen LogP contribution in [-0.4, -0.2) is 26.3 Å². The molecule has 0 radical (unpaired) electrons. The fourth-order valence-electron chi connectivity index (χ4n) is 0.944. The lowest BCUT2D eigenvalue weighted by atomic mass is 10.4. The fourth-order valence-corrected chi connectivity index (χ4v) is 1.12. The van der Waals surface area contributed by atoms with Gasteiger partial charge >= 0.3 is 0 Å². The third kappa shape index (κ3) is 5.69. The third-order valence-corrected chi connectivity index (χ3v) is 1.90. The largest absolute Gasteiger partial charge is 0.379 e. The van der Waals surface area contributed by atoms with Gasteiger partial charge in [-0.05, 0) is 12.1 Å². The van der Waals surface area contributed by atoms with Crippen LogP contribution >= 0.6 is 12.6 Å². The molecule has 13 heavy (non-hydrogen) atoms. The molecule has 0 amide bonds. The van der Waals surface area contributed by atoms with E-state index in [9.17, 15) is 0 Å². The van der Waals surface area contributed by atoms with E-state index in [1.807, 2.05) is 30.3 Å². The predicted molar refractivity (Wildman–Crippen MR) is 57.4 cm³/mol. The molecule has 2 nitrogen and oxygen atoms in total. The van der Waals surface area contributed by atoms with Crippen LogP contribution in [0.15, 0.2) is 35.2 Å². The lowest BCUT2D eigenvalue weighted by Gasteiger charge is -2.10. The topological polar surface area (TPSA) is 21.3 Å². The Morgan fingerprint density at radius 2 is 1.69 bits per heavy atom. The summed E-state index contributed by atoms with van der Waals surface area (Å²) < 4.78 is 5.01. The summed E-state index contributed by atoms with van der Waals surface area (Å²) in [5.74, 6) is 0. The van der Waals surface area contributed by atoms with Crippen LogP contribution in [0.4, 0.5) is 0 Å². The molecule has 0 spiro atoms. The molecule has 0 aliphatic carbocycles. The molecule has 0 aromatic heterocycles. The predicted octanol–water partition coefficient (Wildman–Crippen LogP) is 1.58. The number of rotatable bonds is 0. The summed E-state index contributed by atoms with van der Waals surface area (Å²) in [5.41, 5.74) is 0. The number of benzene rings is 1. The van der Waals surface area contributed by atoms with E-state index >= 15 is 0 Å². The first-order chi connectivity index (χ1) is 6.39. The number of morpholine rings is 1. The Bertz CT molecular complexity index is 200. The van der Waals surface area contributed by atoms with Crippen LogP contribution in [0.3, 0.4) is 0 Å². The Hall–Kier alpha value is -0.510. The van der Waals surface area contributed by atoms with Gasteiger partial charge in [-0.25, -0.2) is 0 Å². The van der Waals surface area contributed by atoms with Crippen LogP contribution in [0.5, 0.6) is 0 Å². The standard InChI is InChI=1S/C6H6S.C4H9NO/c7-6-4-2-1-3-5-6;1-3-6-4-2-5-1/h1-5,7H;5H,1-4H2. The van der Waals surface area contributed by atoms with Crippen molar-refractivity contribution < 1.29 is 4.74 Å². The Labute approximate surface area is 84.7 Å². The van der Waals surface area contributed by atoms with Gasteiger partial charge in [-0.3, -0.25) is 0 Å². The molecule has 1 aromatic rings. The quantitative estimate of drug-likeness (QED) is 0.616. The molecule has 0 saturated carbocycles. The van der Waals surface area contributed by atoms with E-state index in [1.54, 1.807) is 0 Å². The van der Waals surface area contributed by atoms with Gasteiger partial charge in [0.25, 0.3) is 0 Å². The number of nitrogens with one attached hydrogen (secondary N) is 1. The molecule has 1 fully saturated rings. The Balaban J connectivity index is 0.000000132.